The van der Waals surface area contributed by atoms with E-state index in [9.17, 15) is 4.79 Å². The molecule has 3 heterocycles. The molecule has 0 aliphatic carbocycles. The Balaban J connectivity index is 1.48. The maximum Gasteiger partial charge on any atom is 0.180 e. The number of benzene rings is 2. The zero-order chi connectivity index (χ0) is 21.4. The summed E-state index contributed by atoms with van der Waals surface area (Å²) in [6.45, 7) is 5.40. The standard InChI is InChI=1S/C26H30N2O3/c1-18-9-10-19(14-27(18)2)12-20-13-24-25(29)16-28(15-21-6-5-11-30-21)17-31-26(24)23-8-4-3-7-22(20)23/h3-4,7-10,13,21H,5-6,11-12,14-17H2,1-2H3. The normalized spacial score (nSPS) is 22.1. The van der Waals surface area contributed by atoms with Crippen molar-refractivity contribution < 1.29 is 14.3 Å². The summed E-state index contributed by atoms with van der Waals surface area (Å²) >= 11 is 0. The number of fused-ring (bicyclic) bond motifs is 3. The highest BCUT2D eigenvalue weighted by atomic mass is 16.5. The van der Waals surface area contributed by atoms with Crippen molar-refractivity contribution in [2.45, 2.75) is 32.3 Å². The number of ether oxygens (including phenoxy) is 2. The van der Waals surface area contributed by atoms with Gasteiger partial charge in [-0.1, -0.05) is 30.3 Å². The van der Waals surface area contributed by atoms with Crippen LogP contribution in [0.2, 0.25) is 0 Å². The van der Waals surface area contributed by atoms with Gasteiger partial charge >= 0.3 is 0 Å². The molecule has 5 heteroatoms. The molecule has 0 bridgehead atoms. The van der Waals surface area contributed by atoms with Gasteiger partial charge in [-0.3, -0.25) is 9.69 Å². The van der Waals surface area contributed by atoms with E-state index in [1.165, 1.54) is 16.8 Å². The molecule has 0 N–H and O–H groups in total. The summed E-state index contributed by atoms with van der Waals surface area (Å²) < 4.78 is 12.0. The number of Topliss-reactive ketones (excluding diaryl/α,β-unsaturated/α-hetero) is 1. The maximum absolute atomic E-state index is 13.3. The van der Waals surface area contributed by atoms with Crippen LogP contribution in [0.4, 0.5) is 0 Å². The van der Waals surface area contributed by atoms with Gasteiger partial charge in [-0.05, 0) is 54.9 Å². The lowest BCUT2D eigenvalue weighted by Gasteiger charge is -2.25. The third-order valence-electron chi connectivity index (χ3n) is 6.65. The van der Waals surface area contributed by atoms with Crippen molar-refractivity contribution in [2.24, 2.45) is 0 Å². The molecule has 0 amide bonds. The highest BCUT2D eigenvalue weighted by Crippen LogP contribution is 2.36. The molecule has 0 aromatic heterocycles. The Bertz CT molecular complexity index is 1070. The number of allylic oxidation sites excluding steroid dienone is 3. The van der Waals surface area contributed by atoms with Crippen LogP contribution in [0.5, 0.6) is 5.75 Å². The van der Waals surface area contributed by atoms with Crippen molar-refractivity contribution in [3.05, 3.63) is 64.9 Å². The number of hydrogen-bond donors (Lipinski definition) is 0. The van der Waals surface area contributed by atoms with Crippen molar-refractivity contribution in [1.29, 1.82) is 0 Å². The lowest BCUT2D eigenvalue weighted by molar-refractivity contribution is 0.0451. The Morgan fingerprint density at radius 1 is 1.13 bits per heavy atom. The highest BCUT2D eigenvalue weighted by molar-refractivity contribution is 6.07. The number of ketones is 1. The van der Waals surface area contributed by atoms with Crippen LogP contribution in [0.15, 0.2) is 53.8 Å². The molecule has 0 radical (unpaired) electrons. The minimum absolute atomic E-state index is 0.128. The fourth-order valence-corrected chi connectivity index (χ4v) is 4.82. The Kier molecular flexibility index (Phi) is 5.55. The second-order valence-electron chi connectivity index (χ2n) is 8.97. The van der Waals surface area contributed by atoms with Gasteiger partial charge in [0.25, 0.3) is 0 Å². The molecule has 3 aliphatic heterocycles. The molecule has 5 rings (SSSR count). The molecule has 0 saturated carbocycles. The lowest BCUT2D eigenvalue weighted by Crippen LogP contribution is -2.37. The van der Waals surface area contributed by atoms with Crippen LogP contribution >= 0.6 is 0 Å². The minimum Gasteiger partial charge on any atom is -0.477 e. The average molecular weight is 419 g/mol. The summed E-state index contributed by atoms with van der Waals surface area (Å²) in [5, 5.41) is 2.19. The molecule has 162 valence electrons. The minimum atomic E-state index is 0.128. The Morgan fingerprint density at radius 3 is 2.74 bits per heavy atom. The molecule has 31 heavy (non-hydrogen) atoms. The largest absolute Gasteiger partial charge is 0.477 e. The zero-order valence-corrected chi connectivity index (χ0v) is 18.4. The summed E-state index contributed by atoms with van der Waals surface area (Å²) in [5.41, 5.74) is 4.51. The molecule has 5 nitrogen and oxygen atoms in total. The van der Waals surface area contributed by atoms with Gasteiger partial charge in [-0.2, -0.15) is 0 Å². The monoisotopic (exact) mass is 418 g/mol. The van der Waals surface area contributed by atoms with E-state index in [1.54, 1.807) is 0 Å². The number of rotatable bonds is 4. The van der Waals surface area contributed by atoms with Crippen LogP contribution in [-0.2, 0) is 11.2 Å². The highest BCUT2D eigenvalue weighted by Gasteiger charge is 2.28. The summed E-state index contributed by atoms with van der Waals surface area (Å²) in [5.74, 6) is 0.854. The van der Waals surface area contributed by atoms with Crippen LogP contribution in [0.3, 0.4) is 0 Å². The van der Waals surface area contributed by atoms with E-state index in [0.29, 0.717) is 18.8 Å². The first kappa shape index (κ1) is 20.3. The van der Waals surface area contributed by atoms with Gasteiger partial charge in [0, 0.05) is 37.8 Å². The van der Waals surface area contributed by atoms with Gasteiger partial charge in [0.1, 0.15) is 12.5 Å². The number of likely N-dealkylation sites (N-methyl/N-ethyl adjacent to an activating group) is 1. The molecule has 1 unspecified atom stereocenters. The number of nitrogens with zero attached hydrogens (tertiary/aromatic N) is 2. The van der Waals surface area contributed by atoms with Crippen molar-refractivity contribution in [3.63, 3.8) is 0 Å². The Hall–Kier alpha value is -2.63. The molecule has 1 fully saturated rings. The van der Waals surface area contributed by atoms with E-state index >= 15 is 0 Å². The number of carbonyl (C=O) groups excluding carboxylic acids is 1. The third-order valence-corrected chi connectivity index (χ3v) is 6.65. The molecular formula is C26H30N2O3. The van der Waals surface area contributed by atoms with Crippen LogP contribution in [0.1, 0.15) is 35.7 Å². The number of hydrogen-bond acceptors (Lipinski definition) is 5. The van der Waals surface area contributed by atoms with E-state index in [0.717, 1.165) is 55.5 Å². The van der Waals surface area contributed by atoms with Gasteiger partial charge in [0.05, 0.1) is 18.2 Å². The van der Waals surface area contributed by atoms with E-state index < -0.39 is 0 Å². The van der Waals surface area contributed by atoms with Crippen molar-refractivity contribution in [2.75, 3.05) is 40.0 Å². The van der Waals surface area contributed by atoms with Gasteiger partial charge in [0.2, 0.25) is 0 Å². The van der Waals surface area contributed by atoms with Gasteiger partial charge < -0.3 is 14.4 Å². The summed E-state index contributed by atoms with van der Waals surface area (Å²) in [7, 11) is 2.12. The lowest BCUT2D eigenvalue weighted by atomic mass is 9.92. The molecule has 2 aromatic carbocycles. The summed E-state index contributed by atoms with van der Waals surface area (Å²) in [4.78, 5) is 17.6. The van der Waals surface area contributed by atoms with Gasteiger partial charge in [0.15, 0.2) is 5.78 Å². The Labute approximate surface area is 183 Å². The first-order valence-corrected chi connectivity index (χ1v) is 11.2. The quantitative estimate of drug-likeness (QED) is 0.745. The Morgan fingerprint density at radius 2 is 1.97 bits per heavy atom. The molecule has 1 saturated heterocycles. The average Bonchev–Trinajstić information content (AvgIpc) is 3.22. The SMILES string of the molecule is CC1=CC=C(Cc2cc3c(c4ccccc24)OCN(CC2CCCO2)CC3=O)CN1C. The molecular weight excluding hydrogens is 388 g/mol. The predicted octanol–water partition coefficient (Wildman–Crippen LogP) is 4.17. The van der Waals surface area contributed by atoms with Crippen LogP contribution in [0, 0.1) is 0 Å². The van der Waals surface area contributed by atoms with Crippen LogP contribution in [-0.4, -0.2) is 61.7 Å². The first-order chi connectivity index (χ1) is 15.1. The molecule has 2 aromatic rings. The third kappa shape index (κ3) is 4.12. The fraction of sp³-hybridized carbons (Fsp3) is 0.423. The fourth-order valence-electron chi connectivity index (χ4n) is 4.82. The predicted molar refractivity (Wildman–Crippen MR) is 122 cm³/mol. The maximum atomic E-state index is 13.3. The second-order valence-corrected chi connectivity index (χ2v) is 8.97. The van der Waals surface area contributed by atoms with Crippen LogP contribution in [0.25, 0.3) is 10.8 Å². The van der Waals surface area contributed by atoms with E-state index in [1.807, 2.05) is 6.07 Å². The zero-order valence-electron chi connectivity index (χ0n) is 18.4. The second kappa shape index (κ2) is 8.48. The summed E-state index contributed by atoms with van der Waals surface area (Å²) in [6, 6.07) is 10.4. The van der Waals surface area contributed by atoms with Crippen molar-refractivity contribution in [1.82, 2.24) is 9.80 Å². The van der Waals surface area contributed by atoms with E-state index in [2.05, 4.69) is 60.2 Å². The molecule has 1 atom stereocenters. The summed E-state index contributed by atoms with van der Waals surface area (Å²) in [6.07, 6.45) is 7.58. The first-order valence-electron chi connectivity index (χ1n) is 11.2. The molecule has 0 spiro atoms. The van der Waals surface area contributed by atoms with E-state index in [4.69, 9.17) is 9.47 Å². The number of carbonyl (C=O) groups is 1. The topological polar surface area (TPSA) is 42.0 Å². The van der Waals surface area contributed by atoms with E-state index in [-0.39, 0.29) is 11.9 Å². The van der Waals surface area contributed by atoms with Crippen molar-refractivity contribution >= 4 is 16.6 Å². The molecule has 3 aliphatic rings. The smallest absolute Gasteiger partial charge is 0.180 e. The van der Waals surface area contributed by atoms with Gasteiger partial charge in [-0.25, -0.2) is 0 Å². The van der Waals surface area contributed by atoms with Gasteiger partial charge in [-0.15, -0.1) is 0 Å². The van der Waals surface area contributed by atoms with Crippen molar-refractivity contribution in [3.8, 4) is 5.75 Å². The van der Waals surface area contributed by atoms with Crippen LogP contribution < -0.4 is 4.74 Å².